The molecule has 2 unspecified atom stereocenters. The summed E-state index contributed by atoms with van der Waals surface area (Å²) in [4.78, 5) is 11.9. The summed E-state index contributed by atoms with van der Waals surface area (Å²) in [5.74, 6) is 0.109. The van der Waals surface area contributed by atoms with Gasteiger partial charge in [-0.15, -0.1) is 0 Å². The Morgan fingerprint density at radius 2 is 2.20 bits per heavy atom. The van der Waals surface area contributed by atoms with E-state index < -0.39 is 0 Å². The third-order valence-electron chi connectivity index (χ3n) is 3.25. The van der Waals surface area contributed by atoms with E-state index in [1.807, 2.05) is 14.0 Å². The maximum Gasteiger partial charge on any atom is 0.225 e. The number of nitrogens with one attached hydrogen (secondary N) is 2. The first-order valence-corrected chi connectivity index (χ1v) is 5.79. The standard InChI is InChI=1S/C11H23N3O/c1-11(12)6-4-3-5-9(11)10(15)14-8-7-13-2/h9,13H,3-8,12H2,1-2H3,(H,14,15). The van der Waals surface area contributed by atoms with Crippen molar-refractivity contribution in [2.75, 3.05) is 20.1 Å². The van der Waals surface area contributed by atoms with Crippen LogP contribution >= 0.6 is 0 Å². The van der Waals surface area contributed by atoms with Gasteiger partial charge in [-0.1, -0.05) is 12.8 Å². The summed E-state index contributed by atoms with van der Waals surface area (Å²) in [7, 11) is 1.87. The third-order valence-corrected chi connectivity index (χ3v) is 3.25. The molecule has 0 spiro atoms. The minimum atomic E-state index is -0.317. The molecule has 0 saturated heterocycles. The van der Waals surface area contributed by atoms with Gasteiger partial charge in [0.25, 0.3) is 0 Å². The van der Waals surface area contributed by atoms with Gasteiger partial charge in [-0.3, -0.25) is 4.79 Å². The molecule has 88 valence electrons. The van der Waals surface area contributed by atoms with Gasteiger partial charge in [0, 0.05) is 18.6 Å². The van der Waals surface area contributed by atoms with Crippen LogP contribution in [0.25, 0.3) is 0 Å². The van der Waals surface area contributed by atoms with E-state index in [9.17, 15) is 4.79 Å². The van der Waals surface area contributed by atoms with E-state index >= 15 is 0 Å². The SMILES string of the molecule is CNCCNC(=O)C1CCCCC1(C)N. The summed E-state index contributed by atoms with van der Waals surface area (Å²) < 4.78 is 0. The van der Waals surface area contributed by atoms with Gasteiger partial charge < -0.3 is 16.4 Å². The number of carbonyl (C=O) groups excluding carboxylic acids is 1. The van der Waals surface area contributed by atoms with Crippen LogP contribution < -0.4 is 16.4 Å². The van der Waals surface area contributed by atoms with Crippen molar-refractivity contribution >= 4 is 5.91 Å². The monoisotopic (exact) mass is 213 g/mol. The van der Waals surface area contributed by atoms with Gasteiger partial charge in [0.1, 0.15) is 0 Å². The largest absolute Gasteiger partial charge is 0.355 e. The molecule has 15 heavy (non-hydrogen) atoms. The second-order valence-corrected chi connectivity index (χ2v) is 4.70. The fourth-order valence-corrected chi connectivity index (χ4v) is 2.22. The van der Waals surface area contributed by atoms with E-state index in [4.69, 9.17) is 5.73 Å². The van der Waals surface area contributed by atoms with Gasteiger partial charge in [-0.2, -0.15) is 0 Å². The van der Waals surface area contributed by atoms with E-state index in [1.54, 1.807) is 0 Å². The van der Waals surface area contributed by atoms with Gasteiger partial charge >= 0.3 is 0 Å². The average Bonchev–Trinajstić information content (AvgIpc) is 2.17. The first-order valence-electron chi connectivity index (χ1n) is 5.79. The second kappa shape index (κ2) is 5.47. The lowest BCUT2D eigenvalue weighted by Gasteiger charge is -2.37. The Balaban J connectivity index is 2.42. The Morgan fingerprint density at radius 1 is 1.47 bits per heavy atom. The van der Waals surface area contributed by atoms with Gasteiger partial charge in [0.2, 0.25) is 5.91 Å². The predicted molar refractivity (Wildman–Crippen MR) is 61.5 cm³/mol. The van der Waals surface area contributed by atoms with Crippen molar-refractivity contribution < 1.29 is 4.79 Å². The highest BCUT2D eigenvalue weighted by Gasteiger charge is 2.37. The molecular weight excluding hydrogens is 190 g/mol. The smallest absolute Gasteiger partial charge is 0.225 e. The van der Waals surface area contributed by atoms with Crippen molar-refractivity contribution in [3.63, 3.8) is 0 Å². The van der Waals surface area contributed by atoms with Crippen LogP contribution in [0.15, 0.2) is 0 Å². The van der Waals surface area contributed by atoms with Crippen LogP contribution in [0.2, 0.25) is 0 Å². The number of rotatable bonds is 4. The molecule has 2 atom stereocenters. The number of hydrogen-bond donors (Lipinski definition) is 3. The zero-order valence-electron chi connectivity index (χ0n) is 9.81. The van der Waals surface area contributed by atoms with E-state index in [1.165, 1.54) is 0 Å². The quantitative estimate of drug-likeness (QED) is 0.586. The number of nitrogens with two attached hydrogens (primary N) is 1. The Labute approximate surface area is 92.0 Å². The maximum absolute atomic E-state index is 11.9. The van der Waals surface area contributed by atoms with Crippen molar-refractivity contribution in [3.8, 4) is 0 Å². The second-order valence-electron chi connectivity index (χ2n) is 4.70. The van der Waals surface area contributed by atoms with Crippen LogP contribution in [0.3, 0.4) is 0 Å². The molecule has 4 N–H and O–H groups in total. The van der Waals surface area contributed by atoms with Crippen LogP contribution in [-0.4, -0.2) is 31.6 Å². The van der Waals surface area contributed by atoms with Gasteiger partial charge in [-0.25, -0.2) is 0 Å². The predicted octanol–water partition coefficient (Wildman–Crippen LogP) is 0.230. The molecule has 0 radical (unpaired) electrons. The van der Waals surface area contributed by atoms with Crippen molar-refractivity contribution in [3.05, 3.63) is 0 Å². The van der Waals surface area contributed by atoms with E-state index in [2.05, 4.69) is 10.6 Å². The Kier molecular flexibility index (Phi) is 4.54. The topological polar surface area (TPSA) is 67.1 Å². The number of likely N-dealkylation sites (N-methyl/N-ethyl adjacent to an activating group) is 1. The van der Waals surface area contributed by atoms with E-state index in [-0.39, 0.29) is 17.4 Å². The summed E-state index contributed by atoms with van der Waals surface area (Å²) in [6.45, 7) is 3.48. The fraction of sp³-hybridized carbons (Fsp3) is 0.909. The minimum Gasteiger partial charge on any atom is -0.355 e. The summed E-state index contributed by atoms with van der Waals surface area (Å²) in [6, 6.07) is 0. The zero-order chi connectivity index (χ0) is 11.3. The molecule has 4 heteroatoms. The van der Waals surface area contributed by atoms with Gasteiger partial charge in [-0.05, 0) is 26.8 Å². The summed E-state index contributed by atoms with van der Waals surface area (Å²) in [5.41, 5.74) is 5.83. The van der Waals surface area contributed by atoms with Crippen LogP contribution in [-0.2, 0) is 4.79 Å². The Bertz CT molecular complexity index is 216. The van der Waals surface area contributed by atoms with Crippen molar-refractivity contribution in [2.24, 2.45) is 11.7 Å². The number of carbonyl (C=O) groups is 1. The average molecular weight is 213 g/mol. The molecule has 1 aliphatic carbocycles. The lowest BCUT2D eigenvalue weighted by atomic mass is 9.74. The maximum atomic E-state index is 11.9. The highest BCUT2D eigenvalue weighted by molar-refractivity contribution is 5.80. The highest BCUT2D eigenvalue weighted by atomic mass is 16.1. The zero-order valence-corrected chi connectivity index (χ0v) is 9.81. The molecular formula is C11H23N3O. The molecule has 0 aromatic heterocycles. The lowest BCUT2D eigenvalue weighted by Crippen LogP contribution is -2.53. The molecule has 1 saturated carbocycles. The molecule has 0 aliphatic heterocycles. The molecule has 0 bridgehead atoms. The Morgan fingerprint density at radius 3 is 2.80 bits per heavy atom. The first kappa shape index (κ1) is 12.5. The fourth-order valence-electron chi connectivity index (χ4n) is 2.22. The first-order chi connectivity index (χ1) is 7.08. The van der Waals surface area contributed by atoms with Crippen molar-refractivity contribution in [1.29, 1.82) is 0 Å². The van der Waals surface area contributed by atoms with Crippen LogP contribution in [0.1, 0.15) is 32.6 Å². The molecule has 1 amide bonds. The summed E-state index contributed by atoms with van der Waals surface area (Å²) in [6.07, 6.45) is 4.15. The molecule has 0 aromatic rings. The van der Waals surface area contributed by atoms with Crippen LogP contribution in [0, 0.1) is 5.92 Å². The Hall–Kier alpha value is -0.610. The van der Waals surface area contributed by atoms with E-state index in [0.29, 0.717) is 6.54 Å². The minimum absolute atomic E-state index is 0.0110. The molecule has 1 fully saturated rings. The van der Waals surface area contributed by atoms with E-state index in [0.717, 1.165) is 32.2 Å². The van der Waals surface area contributed by atoms with Crippen LogP contribution in [0.5, 0.6) is 0 Å². The van der Waals surface area contributed by atoms with Gasteiger partial charge in [0.15, 0.2) is 0 Å². The molecule has 0 heterocycles. The summed E-state index contributed by atoms with van der Waals surface area (Å²) >= 11 is 0. The van der Waals surface area contributed by atoms with Crippen molar-refractivity contribution in [2.45, 2.75) is 38.1 Å². The third kappa shape index (κ3) is 3.47. The van der Waals surface area contributed by atoms with Gasteiger partial charge in [0.05, 0.1) is 5.92 Å². The molecule has 1 aliphatic rings. The molecule has 1 rings (SSSR count). The van der Waals surface area contributed by atoms with Crippen LogP contribution in [0.4, 0.5) is 0 Å². The summed E-state index contributed by atoms with van der Waals surface area (Å²) in [5, 5.41) is 5.93. The molecule has 0 aromatic carbocycles. The number of hydrogen-bond acceptors (Lipinski definition) is 3. The highest BCUT2D eigenvalue weighted by Crippen LogP contribution is 2.31. The number of amides is 1. The lowest BCUT2D eigenvalue weighted by molar-refractivity contribution is -0.128. The molecule has 4 nitrogen and oxygen atoms in total. The van der Waals surface area contributed by atoms with Crippen molar-refractivity contribution in [1.82, 2.24) is 10.6 Å². The normalized spacial score (nSPS) is 31.3.